The molecule has 3 nitrogen and oxygen atoms in total. The molecule has 1 N–H and O–H groups in total. The Hall–Kier alpha value is -1.30. The van der Waals surface area contributed by atoms with E-state index < -0.39 is 0 Å². The lowest BCUT2D eigenvalue weighted by Gasteiger charge is -2.29. The van der Waals surface area contributed by atoms with Crippen molar-refractivity contribution in [2.24, 2.45) is 0 Å². The molecule has 1 aliphatic heterocycles. The Morgan fingerprint density at radius 1 is 1.35 bits per heavy atom. The molecule has 0 spiro atoms. The lowest BCUT2D eigenvalue weighted by atomic mass is 10.1. The van der Waals surface area contributed by atoms with Gasteiger partial charge < -0.3 is 5.11 Å². The van der Waals surface area contributed by atoms with E-state index in [0.29, 0.717) is 0 Å². The summed E-state index contributed by atoms with van der Waals surface area (Å²) in [7, 11) is 0. The summed E-state index contributed by atoms with van der Waals surface area (Å²) in [5.74, 6) is -0.229. The van der Waals surface area contributed by atoms with Crippen molar-refractivity contribution < 1.29 is 9.50 Å². The van der Waals surface area contributed by atoms with Crippen molar-refractivity contribution >= 4 is 11.3 Å². The zero-order valence-corrected chi connectivity index (χ0v) is 11.9. The van der Waals surface area contributed by atoms with E-state index in [1.807, 2.05) is 5.38 Å². The van der Waals surface area contributed by atoms with Crippen molar-refractivity contribution in [3.8, 4) is 10.6 Å². The highest BCUT2D eigenvalue weighted by molar-refractivity contribution is 7.13. The van der Waals surface area contributed by atoms with Gasteiger partial charge in [-0.3, -0.25) is 4.90 Å². The molecule has 5 heteroatoms. The van der Waals surface area contributed by atoms with Crippen LogP contribution in [0.1, 0.15) is 18.5 Å². The number of likely N-dealkylation sites (tertiary alicyclic amines) is 1. The second kappa shape index (κ2) is 5.99. The van der Waals surface area contributed by atoms with Crippen LogP contribution in [0.15, 0.2) is 29.6 Å². The number of thiazole rings is 1. The van der Waals surface area contributed by atoms with Crippen LogP contribution < -0.4 is 0 Å². The number of piperidine rings is 1. The van der Waals surface area contributed by atoms with Gasteiger partial charge in [-0.05, 0) is 43.7 Å². The number of aromatic nitrogens is 1. The second-order valence-electron chi connectivity index (χ2n) is 5.18. The first-order chi connectivity index (χ1) is 9.70. The van der Waals surface area contributed by atoms with Crippen LogP contribution in [0.2, 0.25) is 0 Å². The summed E-state index contributed by atoms with van der Waals surface area (Å²) < 4.78 is 12.9. The molecule has 3 rings (SSSR count). The van der Waals surface area contributed by atoms with Gasteiger partial charge in [0.2, 0.25) is 0 Å². The van der Waals surface area contributed by atoms with Crippen molar-refractivity contribution in [3.05, 3.63) is 41.2 Å². The van der Waals surface area contributed by atoms with Gasteiger partial charge in [-0.15, -0.1) is 11.3 Å². The Kier molecular flexibility index (Phi) is 4.10. The number of aliphatic hydroxyl groups excluding tert-OH is 1. The maximum Gasteiger partial charge on any atom is 0.123 e. The third-order valence-electron chi connectivity index (χ3n) is 3.51. The van der Waals surface area contributed by atoms with Gasteiger partial charge in [0, 0.05) is 24.0 Å². The summed E-state index contributed by atoms with van der Waals surface area (Å²) in [6.07, 6.45) is 1.73. The molecule has 2 aromatic rings. The van der Waals surface area contributed by atoms with Crippen molar-refractivity contribution in [2.75, 3.05) is 13.1 Å². The minimum absolute atomic E-state index is 0.209. The Bertz CT molecular complexity index is 570. The molecule has 1 saturated heterocycles. The Morgan fingerprint density at radius 3 is 2.90 bits per heavy atom. The molecular formula is C15H17FN2OS. The second-order valence-corrected chi connectivity index (χ2v) is 6.04. The highest BCUT2D eigenvalue weighted by Crippen LogP contribution is 2.25. The van der Waals surface area contributed by atoms with Crippen LogP contribution in [0.4, 0.5) is 4.39 Å². The predicted octanol–water partition coefficient (Wildman–Crippen LogP) is 2.91. The predicted molar refractivity (Wildman–Crippen MR) is 78.0 cm³/mol. The van der Waals surface area contributed by atoms with Gasteiger partial charge in [0.25, 0.3) is 0 Å². The van der Waals surface area contributed by atoms with Crippen molar-refractivity contribution in [1.82, 2.24) is 9.88 Å². The molecule has 1 unspecified atom stereocenters. The number of hydrogen-bond donors (Lipinski definition) is 1. The number of halogens is 1. The topological polar surface area (TPSA) is 36.4 Å². The average molecular weight is 292 g/mol. The van der Waals surface area contributed by atoms with Gasteiger partial charge >= 0.3 is 0 Å². The summed E-state index contributed by atoms with van der Waals surface area (Å²) in [6, 6.07) is 6.42. The first kappa shape index (κ1) is 13.7. The van der Waals surface area contributed by atoms with Crippen molar-refractivity contribution in [2.45, 2.75) is 25.5 Å². The average Bonchev–Trinajstić information content (AvgIpc) is 2.88. The number of rotatable bonds is 3. The largest absolute Gasteiger partial charge is 0.392 e. The number of β-amino-alcohol motifs (C(OH)–C–C–N with tert-alkyl or cyclic N) is 1. The quantitative estimate of drug-likeness (QED) is 0.945. The third kappa shape index (κ3) is 3.23. The first-order valence-electron chi connectivity index (χ1n) is 6.81. The minimum Gasteiger partial charge on any atom is -0.392 e. The van der Waals surface area contributed by atoms with Crippen LogP contribution in [-0.2, 0) is 6.54 Å². The smallest absolute Gasteiger partial charge is 0.123 e. The summed E-state index contributed by atoms with van der Waals surface area (Å²) in [5.41, 5.74) is 1.96. The Labute approximate surface area is 121 Å². The highest BCUT2D eigenvalue weighted by atomic mass is 32.1. The molecular weight excluding hydrogens is 275 g/mol. The van der Waals surface area contributed by atoms with Gasteiger partial charge in [0.1, 0.15) is 10.8 Å². The van der Waals surface area contributed by atoms with Gasteiger partial charge in [-0.2, -0.15) is 0 Å². The van der Waals surface area contributed by atoms with E-state index in [4.69, 9.17) is 0 Å². The van der Waals surface area contributed by atoms with E-state index in [9.17, 15) is 9.50 Å². The minimum atomic E-state index is -0.229. The molecule has 2 heterocycles. The molecule has 1 fully saturated rings. The molecule has 0 amide bonds. The summed E-state index contributed by atoms with van der Waals surface area (Å²) in [4.78, 5) is 6.84. The highest BCUT2D eigenvalue weighted by Gasteiger charge is 2.18. The van der Waals surface area contributed by atoms with E-state index in [1.165, 1.54) is 12.1 Å². The van der Waals surface area contributed by atoms with E-state index in [2.05, 4.69) is 9.88 Å². The van der Waals surface area contributed by atoms with Crippen LogP contribution in [-0.4, -0.2) is 34.2 Å². The van der Waals surface area contributed by atoms with Crippen LogP contribution in [0, 0.1) is 5.82 Å². The normalized spacial score (nSPS) is 20.2. The van der Waals surface area contributed by atoms with Crippen LogP contribution in [0.25, 0.3) is 10.6 Å². The fraction of sp³-hybridized carbons (Fsp3) is 0.400. The summed E-state index contributed by atoms with van der Waals surface area (Å²) in [5, 5.41) is 12.6. The number of aliphatic hydroxyl groups is 1. The van der Waals surface area contributed by atoms with Gasteiger partial charge in [0.05, 0.1) is 11.8 Å². The molecule has 1 aliphatic rings. The van der Waals surface area contributed by atoms with Crippen LogP contribution >= 0.6 is 11.3 Å². The fourth-order valence-electron chi connectivity index (χ4n) is 2.51. The number of benzene rings is 1. The zero-order valence-electron chi connectivity index (χ0n) is 11.1. The lowest BCUT2D eigenvalue weighted by molar-refractivity contribution is 0.0663. The maximum atomic E-state index is 12.9. The van der Waals surface area contributed by atoms with Crippen LogP contribution in [0.3, 0.4) is 0 Å². The molecule has 0 bridgehead atoms. The molecule has 0 radical (unpaired) electrons. The SMILES string of the molecule is OC1CCCN(Cc2csc(-c3ccc(F)cc3)n2)C1. The maximum absolute atomic E-state index is 12.9. The zero-order chi connectivity index (χ0) is 13.9. The molecule has 0 aliphatic carbocycles. The van der Waals surface area contributed by atoms with Gasteiger partial charge in [-0.25, -0.2) is 9.37 Å². The molecule has 106 valence electrons. The summed E-state index contributed by atoms with van der Waals surface area (Å²) in [6.45, 7) is 2.51. The molecule has 0 saturated carbocycles. The Balaban J connectivity index is 1.69. The summed E-state index contributed by atoms with van der Waals surface area (Å²) >= 11 is 1.58. The van der Waals surface area contributed by atoms with E-state index in [1.54, 1.807) is 23.5 Å². The fourth-order valence-corrected chi connectivity index (χ4v) is 3.33. The number of nitrogens with zero attached hydrogens (tertiary/aromatic N) is 2. The monoisotopic (exact) mass is 292 g/mol. The van der Waals surface area contributed by atoms with E-state index >= 15 is 0 Å². The van der Waals surface area contributed by atoms with Crippen molar-refractivity contribution in [3.63, 3.8) is 0 Å². The van der Waals surface area contributed by atoms with E-state index in [-0.39, 0.29) is 11.9 Å². The third-order valence-corrected chi connectivity index (χ3v) is 4.45. The standard InChI is InChI=1S/C15H17FN2OS/c16-12-5-3-11(4-6-12)15-17-13(10-20-15)8-18-7-1-2-14(19)9-18/h3-6,10,14,19H,1-2,7-9H2. The molecule has 1 aromatic carbocycles. The van der Waals surface area contributed by atoms with Crippen molar-refractivity contribution in [1.29, 1.82) is 0 Å². The van der Waals surface area contributed by atoms with Gasteiger partial charge in [0.15, 0.2) is 0 Å². The number of hydrogen-bond acceptors (Lipinski definition) is 4. The van der Waals surface area contributed by atoms with E-state index in [0.717, 1.165) is 48.7 Å². The molecule has 1 aromatic heterocycles. The Morgan fingerprint density at radius 2 is 2.15 bits per heavy atom. The van der Waals surface area contributed by atoms with Gasteiger partial charge in [-0.1, -0.05) is 0 Å². The molecule has 1 atom stereocenters. The lowest BCUT2D eigenvalue weighted by Crippen LogP contribution is -2.37. The first-order valence-corrected chi connectivity index (χ1v) is 7.69. The van der Waals surface area contributed by atoms with Crippen LogP contribution in [0.5, 0.6) is 0 Å². The molecule has 20 heavy (non-hydrogen) atoms.